The molecule has 0 heterocycles. The van der Waals surface area contributed by atoms with Gasteiger partial charge < -0.3 is 5.73 Å². The van der Waals surface area contributed by atoms with Crippen molar-refractivity contribution in [3.63, 3.8) is 0 Å². The van der Waals surface area contributed by atoms with Gasteiger partial charge in [0, 0.05) is 13.1 Å². The second-order valence-electron chi connectivity index (χ2n) is 5.63. The Kier molecular flexibility index (Phi) is 10.7. The monoisotopic (exact) mass is 348 g/mol. The second-order valence-corrected chi connectivity index (χ2v) is 7.65. The molecule has 0 aromatic heterocycles. The van der Waals surface area contributed by atoms with Gasteiger partial charge in [0.05, 0.1) is 5.75 Å². The lowest BCUT2D eigenvalue weighted by molar-refractivity contribution is 0.395. The van der Waals surface area contributed by atoms with Crippen LogP contribution in [0, 0.1) is 5.92 Å². The Hall–Kier alpha value is -0.620. The first kappa shape index (κ1) is 21.4. The van der Waals surface area contributed by atoms with Crippen molar-refractivity contribution in [3.05, 3.63) is 35.9 Å². The van der Waals surface area contributed by atoms with Crippen molar-refractivity contribution in [2.45, 2.75) is 39.7 Å². The molecule has 6 heteroatoms. The van der Waals surface area contributed by atoms with Crippen molar-refractivity contribution in [1.29, 1.82) is 0 Å². The van der Waals surface area contributed by atoms with E-state index in [0.29, 0.717) is 26.1 Å². The standard InChI is InChI=1S/C16H28N2O2S.ClH/c1-3-8-15(2)14-21(19,20)18(12-7-11-17)13-16-9-5-4-6-10-16;/h4-6,9-10,15H,3,7-8,11-14,17H2,1-2H3;1H. The average Bonchev–Trinajstić information content (AvgIpc) is 2.44. The minimum atomic E-state index is -3.24. The highest BCUT2D eigenvalue weighted by atomic mass is 35.5. The molecule has 0 radical (unpaired) electrons. The number of rotatable bonds is 10. The van der Waals surface area contributed by atoms with Crippen LogP contribution >= 0.6 is 12.4 Å². The quantitative estimate of drug-likeness (QED) is 0.706. The smallest absolute Gasteiger partial charge is 0.214 e. The molecule has 0 aliphatic heterocycles. The van der Waals surface area contributed by atoms with Crippen molar-refractivity contribution in [2.75, 3.05) is 18.8 Å². The van der Waals surface area contributed by atoms with Crippen LogP contribution in [0.4, 0.5) is 0 Å². The molecule has 2 N–H and O–H groups in total. The van der Waals surface area contributed by atoms with Crippen LogP contribution in [0.5, 0.6) is 0 Å². The molecule has 1 aromatic carbocycles. The largest absolute Gasteiger partial charge is 0.330 e. The normalized spacial score (nSPS) is 12.9. The summed E-state index contributed by atoms with van der Waals surface area (Å²) in [6.07, 6.45) is 2.64. The number of hydrogen-bond donors (Lipinski definition) is 1. The summed E-state index contributed by atoms with van der Waals surface area (Å²) >= 11 is 0. The lowest BCUT2D eigenvalue weighted by Crippen LogP contribution is -2.36. The fourth-order valence-electron chi connectivity index (χ4n) is 2.41. The van der Waals surface area contributed by atoms with Gasteiger partial charge in [-0.05, 0) is 30.9 Å². The number of sulfonamides is 1. The van der Waals surface area contributed by atoms with Gasteiger partial charge in [0.1, 0.15) is 0 Å². The number of halogens is 1. The van der Waals surface area contributed by atoms with Gasteiger partial charge in [0.25, 0.3) is 0 Å². The minimum absolute atomic E-state index is 0. The van der Waals surface area contributed by atoms with Crippen LogP contribution in [-0.2, 0) is 16.6 Å². The Morgan fingerprint density at radius 3 is 2.41 bits per heavy atom. The molecule has 1 rings (SSSR count). The highest BCUT2D eigenvalue weighted by molar-refractivity contribution is 7.89. The SMILES string of the molecule is CCCC(C)CS(=O)(=O)N(CCCN)Cc1ccccc1.Cl. The van der Waals surface area contributed by atoms with Gasteiger partial charge in [-0.15, -0.1) is 12.4 Å². The summed E-state index contributed by atoms with van der Waals surface area (Å²) in [6.45, 7) is 5.52. The van der Waals surface area contributed by atoms with Gasteiger partial charge in [-0.2, -0.15) is 4.31 Å². The third-order valence-electron chi connectivity index (χ3n) is 3.48. The predicted molar refractivity (Wildman–Crippen MR) is 95.6 cm³/mol. The summed E-state index contributed by atoms with van der Waals surface area (Å²) in [7, 11) is -3.24. The van der Waals surface area contributed by atoms with E-state index in [0.717, 1.165) is 18.4 Å². The first-order valence-corrected chi connectivity index (χ1v) is 9.32. The summed E-state index contributed by atoms with van der Waals surface area (Å²) in [4.78, 5) is 0. The molecule has 0 fully saturated rings. The van der Waals surface area contributed by atoms with E-state index in [1.165, 1.54) is 0 Å². The molecule has 0 spiro atoms. The van der Waals surface area contributed by atoms with Crippen molar-refractivity contribution >= 4 is 22.4 Å². The summed E-state index contributed by atoms with van der Waals surface area (Å²) in [5.41, 5.74) is 6.56. The Balaban J connectivity index is 0.00000441. The fraction of sp³-hybridized carbons (Fsp3) is 0.625. The van der Waals surface area contributed by atoms with E-state index in [2.05, 4.69) is 6.92 Å². The van der Waals surface area contributed by atoms with Gasteiger partial charge in [0.15, 0.2) is 0 Å². The first-order chi connectivity index (χ1) is 9.99. The van der Waals surface area contributed by atoms with Gasteiger partial charge in [-0.1, -0.05) is 50.6 Å². The van der Waals surface area contributed by atoms with E-state index in [4.69, 9.17) is 5.73 Å². The van der Waals surface area contributed by atoms with E-state index in [-0.39, 0.29) is 24.1 Å². The molecule has 0 amide bonds. The maximum absolute atomic E-state index is 12.6. The Morgan fingerprint density at radius 2 is 1.86 bits per heavy atom. The minimum Gasteiger partial charge on any atom is -0.330 e. The molecule has 0 bridgehead atoms. The maximum Gasteiger partial charge on any atom is 0.214 e. The Labute approximate surface area is 141 Å². The first-order valence-electron chi connectivity index (χ1n) is 7.71. The van der Waals surface area contributed by atoms with Crippen molar-refractivity contribution in [1.82, 2.24) is 4.31 Å². The van der Waals surface area contributed by atoms with E-state index < -0.39 is 10.0 Å². The number of benzene rings is 1. The number of nitrogens with zero attached hydrogens (tertiary/aromatic N) is 1. The van der Waals surface area contributed by atoms with E-state index in [9.17, 15) is 8.42 Å². The number of nitrogens with two attached hydrogens (primary N) is 1. The molecular formula is C16H29ClN2O2S. The maximum atomic E-state index is 12.6. The molecule has 0 aliphatic carbocycles. The lowest BCUT2D eigenvalue weighted by atomic mass is 10.1. The second kappa shape index (κ2) is 11.0. The molecule has 128 valence electrons. The molecular weight excluding hydrogens is 320 g/mol. The zero-order valence-electron chi connectivity index (χ0n) is 13.6. The Morgan fingerprint density at radius 1 is 1.23 bits per heavy atom. The molecule has 1 unspecified atom stereocenters. The summed E-state index contributed by atoms with van der Waals surface area (Å²) in [5, 5.41) is 0. The third kappa shape index (κ3) is 7.58. The molecule has 4 nitrogen and oxygen atoms in total. The van der Waals surface area contributed by atoms with Gasteiger partial charge in [0.2, 0.25) is 10.0 Å². The Bertz CT molecular complexity index is 494. The van der Waals surface area contributed by atoms with Crippen LogP contribution in [0.15, 0.2) is 30.3 Å². The van der Waals surface area contributed by atoms with E-state index >= 15 is 0 Å². The number of hydrogen-bond acceptors (Lipinski definition) is 3. The third-order valence-corrected chi connectivity index (χ3v) is 5.57. The lowest BCUT2D eigenvalue weighted by Gasteiger charge is -2.24. The van der Waals surface area contributed by atoms with Crippen LogP contribution in [0.3, 0.4) is 0 Å². The van der Waals surface area contributed by atoms with Crippen molar-refractivity contribution in [2.24, 2.45) is 11.7 Å². The van der Waals surface area contributed by atoms with Crippen molar-refractivity contribution in [3.8, 4) is 0 Å². The average molecular weight is 349 g/mol. The topological polar surface area (TPSA) is 63.4 Å². The highest BCUT2D eigenvalue weighted by Gasteiger charge is 2.24. The van der Waals surface area contributed by atoms with E-state index in [1.807, 2.05) is 37.3 Å². The van der Waals surface area contributed by atoms with Crippen LogP contribution in [-0.4, -0.2) is 31.6 Å². The highest BCUT2D eigenvalue weighted by Crippen LogP contribution is 2.15. The molecule has 1 aromatic rings. The zero-order valence-corrected chi connectivity index (χ0v) is 15.2. The molecule has 1 atom stereocenters. The zero-order chi connectivity index (χ0) is 15.7. The van der Waals surface area contributed by atoms with E-state index in [1.54, 1.807) is 4.31 Å². The summed E-state index contributed by atoms with van der Waals surface area (Å²) in [6, 6.07) is 9.72. The molecule has 0 saturated carbocycles. The van der Waals surface area contributed by atoms with Gasteiger partial charge in [-0.25, -0.2) is 8.42 Å². The molecule has 0 aliphatic rings. The van der Waals surface area contributed by atoms with Gasteiger partial charge >= 0.3 is 0 Å². The summed E-state index contributed by atoms with van der Waals surface area (Å²) < 4.78 is 26.8. The van der Waals surface area contributed by atoms with Crippen LogP contribution in [0.1, 0.15) is 38.7 Å². The molecule has 22 heavy (non-hydrogen) atoms. The van der Waals surface area contributed by atoms with Crippen LogP contribution < -0.4 is 5.73 Å². The fourth-order valence-corrected chi connectivity index (χ4v) is 4.26. The molecule has 0 saturated heterocycles. The van der Waals surface area contributed by atoms with Crippen LogP contribution in [0.2, 0.25) is 0 Å². The van der Waals surface area contributed by atoms with Crippen LogP contribution in [0.25, 0.3) is 0 Å². The van der Waals surface area contributed by atoms with Gasteiger partial charge in [-0.3, -0.25) is 0 Å². The predicted octanol–water partition coefficient (Wildman–Crippen LogP) is 3.03. The van der Waals surface area contributed by atoms with Crippen molar-refractivity contribution < 1.29 is 8.42 Å². The summed E-state index contributed by atoms with van der Waals surface area (Å²) in [5.74, 6) is 0.411.